The maximum absolute atomic E-state index is 12.8. The van der Waals surface area contributed by atoms with Crippen LogP contribution in [0, 0.1) is 19.3 Å². The Hall–Kier alpha value is -2.62. The van der Waals surface area contributed by atoms with Crippen LogP contribution < -0.4 is 10.2 Å². The summed E-state index contributed by atoms with van der Waals surface area (Å²) in [7, 11) is 1.68. The van der Waals surface area contributed by atoms with Gasteiger partial charge in [-0.25, -0.2) is 0 Å². The average Bonchev–Trinajstić information content (AvgIpc) is 2.53. The van der Waals surface area contributed by atoms with E-state index in [1.807, 2.05) is 62.4 Å². The molecule has 0 saturated heterocycles. The lowest BCUT2D eigenvalue weighted by Gasteiger charge is -2.28. The van der Waals surface area contributed by atoms with Crippen LogP contribution >= 0.6 is 0 Å². The number of hydrogen-bond acceptors (Lipinski definition) is 2. The highest BCUT2D eigenvalue weighted by Gasteiger charge is 2.38. The molecule has 2 aromatic carbocycles. The molecule has 0 saturated carbocycles. The molecule has 0 radical (unpaired) electrons. The van der Waals surface area contributed by atoms with Crippen LogP contribution in [0.1, 0.15) is 25.0 Å². The third-order valence-corrected chi connectivity index (χ3v) is 4.03. The molecule has 0 bridgehead atoms. The summed E-state index contributed by atoms with van der Waals surface area (Å²) in [5, 5.41) is 2.86. The minimum absolute atomic E-state index is 0.254. The Balaban J connectivity index is 2.18. The second-order valence-corrected chi connectivity index (χ2v) is 6.66. The molecule has 0 spiro atoms. The molecule has 0 aliphatic rings. The molecule has 0 atom stereocenters. The van der Waals surface area contributed by atoms with Gasteiger partial charge < -0.3 is 10.2 Å². The van der Waals surface area contributed by atoms with Gasteiger partial charge in [0.15, 0.2) is 0 Å². The van der Waals surface area contributed by atoms with Gasteiger partial charge in [0, 0.05) is 18.4 Å². The van der Waals surface area contributed by atoms with Crippen LogP contribution in [0.15, 0.2) is 48.5 Å². The van der Waals surface area contributed by atoms with E-state index < -0.39 is 5.41 Å². The molecule has 24 heavy (non-hydrogen) atoms. The summed E-state index contributed by atoms with van der Waals surface area (Å²) in [4.78, 5) is 27.0. The number of amides is 2. The third-order valence-electron chi connectivity index (χ3n) is 4.03. The maximum atomic E-state index is 12.8. The van der Waals surface area contributed by atoms with Gasteiger partial charge in [0.25, 0.3) is 0 Å². The molecule has 0 heterocycles. The fourth-order valence-corrected chi connectivity index (χ4v) is 2.62. The highest BCUT2D eigenvalue weighted by atomic mass is 16.2. The normalized spacial score (nSPS) is 11.0. The van der Waals surface area contributed by atoms with Crippen molar-refractivity contribution >= 4 is 23.2 Å². The number of para-hydroxylation sites is 1. The quantitative estimate of drug-likeness (QED) is 0.866. The van der Waals surface area contributed by atoms with Gasteiger partial charge in [-0.3, -0.25) is 9.59 Å². The zero-order valence-corrected chi connectivity index (χ0v) is 14.9. The van der Waals surface area contributed by atoms with E-state index in [4.69, 9.17) is 0 Å². The van der Waals surface area contributed by atoms with Crippen LogP contribution in [0.4, 0.5) is 11.4 Å². The monoisotopic (exact) mass is 324 g/mol. The molecule has 4 heteroatoms. The number of aryl methyl sites for hydroxylation is 2. The first-order valence-corrected chi connectivity index (χ1v) is 7.95. The third kappa shape index (κ3) is 3.82. The van der Waals surface area contributed by atoms with Gasteiger partial charge >= 0.3 is 0 Å². The molecular formula is C20H24N2O2. The van der Waals surface area contributed by atoms with Crippen molar-refractivity contribution in [2.24, 2.45) is 5.41 Å². The Morgan fingerprint density at radius 2 is 1.50 bits per heavy atom. The van der Waals surface area contributed by atoms with Crippen LogP contribution in [0.5, 0.6) is 0 Å². The molecule has 0 unspecified atom stereocenters. The number of carbonyl (C=O) groups excluding carboxylic acids is 2. The van der Waals surface area contributed by atoms with Gasteiger partial charge in [-0.2, -0.15) is 0 Å². The average molecular weight is 324 g/mol. The number of nitrogens with one attached hydrogen (secondary N) is 1. The van der Waals surface area contributed by atoms with E-state index in [9.17, 15) is 9.59 Å². The van der Waals surface area contributed by atoms with E-state index in [-0.39, 0.29) is 11.8 Å². The number of carbonyl (C=O) groups is 2. The standard InChI is InChI=1S/C20H24N2O2/c1-14-11-15(2)13-16(12-14)21-18(23)20(3,4)19(24)22(5)17-9-7-6-8-10-17/h6-13H,1-5H3,(H,21,23). The molecule has 2 rings (SSSR count). The first-order chi connectivity index (χ1) is 11.2. The van der Waals surface area contributed by atoms with E-state index in [0.717, 1.165) is 16.8 Å². The first-order valence-electron chi connectivity index (χ1n) is 7.95. The largest absolute Gasteiger partial charge is 0.325 e. The van der Waals surface area contributed by atoms with E-state index in [0.29, 0.717) is 5.69 Å². The van der Waals surface area contributed by atoms with Crippen molar-refractivity contribution in [3.63, 3.8) is 0 Å². The molecule has 2 amide bonds. The Morgan fingerprint density at radius 3 is 2.04 bits per heavy atom. The summed E-state index contributed by atoms with van der Waals surface area (Å²) in [6.07, 6.45) is 0. The summed E-state index contributed by atoms with van der Waals surface area (Å²) in [5.41, 5.74) is 2.42. The summed E-state index contributed by atoms with van der Waals surface area (Å²) in [6.45, 7) is 7.24. The summed E-state index contributed by atoms with van der Waals surface area (Å²) in [5.74, 6) is -0.573. The van der Waals surface area contributed by atoms with Crippen molar-refractivity contribution in [1.82, 2.24) is 0 Å². The van der Waals surface area contributed by atoms with Crippen molar-refractivity contribution < 1.29 is 9.59 Å². The minimum atomic E-state index is -1.18. The van der Waals surface area contributed by atoms with Gasteiger partial charge in [0.05, 0.1) is 0 Å². The van der Waals surface area contributed by atoms with Gasteiger partial charge in [0.2, 0.25) is 11.8 Å². The highest BCUT2D eigenvalue weighted by Crippen LogP contribution is 2.25. The molecule has 1 N–H and O–H groups in total. The van der Waals surface area contributed by atoms with Crippen LogP contribution in [0.25, 0.3) is 0 Å². The lowest BCUT2D eigenvalue weighted by atomic mass is 9.90. The fourth-order valence-electron chi connectivity index (χ4n) is 2.62. The van der Waals surface area contributed by atoms with Crippen molar-refractivity contribution in [3.8, 4) is 0 Å². The number of hydrogen-bond donors (Lipinski definition) is 1. The van der Waals surface area contributed by atoms with Crippen LogP contribution in [0.2, 0.25) is 0 Å². The second kappa shape index (κ2) is 6.87. The van der Waals surface area contributed by atoms with Gasteiger partial charge in [-0.05, 0) is 63.1 Å². The number of benzene rings is 2. The summed E-state index contributed by atoms with van der Waals surface area (Å²) < 4.78 is 0. The topological polar surface area (TPSA) is 49.4 Å². The Labute approximate surface area is 143 Å². The number of anilines is 2. The number of rotatable bonds is 4. The lowest BCUT2D eigenvalue weighted by Crippen LogP contribution is -2.46. The lowest BCUT2D eigenvalue weighted by molar-refractivity contribution is -0.136. The molecule has 0 aliphatic carbocycles. The predicted octanol–water partition coefficient (Wildman–Crippen LogP) is 3.93. The zero-order chi connectivity index (χ0) is 17.9. The molecule has 126 valence electrons. The molecule has 0 aliphatic heterocycles. The summed E-state index contributed by atoms with van der Waals surface area (Å²) >= 11 is 0. The van der Waals surface area contributed by atoms with Crippen molar-refractivity contribution in [2.45, 2.75) is 27.7 Å². The highest BCUT2D eigenvalue weighted by molar-refractivity contribution is 6.14. The Bertz CT molecular complexity index is 731. The number of nitrogens with zero attached hydrogens (tertiary/aromatic N) is 1. The van der Waals surface area contributed by atoms with E-state index in [2.05, 4.69) is 5.32 Å². The fraction of sp³-hybridized carbons (Fsp3) is 0.300. The SMILES string of the molecule is Cc1cc(C)cc(NC(=O)C(C)(C)C(=O)N(C)c2ccccc2)c1. The van der Waals surface area contributed by atoms with Gasteiger partial charge in [-0.1, -0.05) is 24.3 Å². The van der Waals surface area contributed by atoms with Crippen molar-refractivity contribution in [3.05, 3.63) is 59.7 Å². The van der Waals surface area contributed by atoms with Gasteiger partial charge in [0.1, 0.15) is 5.41 Å². The van der Waals surface area contributed by atoms with Crippen molar-refractivity contribution in [1.29, 1.82) is 0 Å². The summed E-state index contributed by atoms with van der Waals surface area (Å²) in [6, 6.07) is 15.1. The van der Waals surface area contributed by atoms with E-state index >= 15 is 0 Å². The van der Waals surface area contributed by atoms with E-state index in [1.165, 1.54) is 4.90 Å². The molecule has 2 aromatic rings. The van der Waals surface area contributed by atoms with Crippen LogP contribution in [-0.2, 0) is 9.59 Å². The molecule has 0 fully saturated rings. The second-order valence-electron chi connectivity index (χ2n) is 6.66. The van der Waals surface area contributed by atoms with Crippen molar-refractivity contribution in [2.75, 3.05) is 17.3 Å². The van der Waals surface area contributed by atoms with Gasteiger partial charge in [-0.15, -0.1) is 0 Å². The van der Waals surface area contributed by atoms with Crippen LogP contribution in [0.3, 0.4) is 0 Å². The zero-order valence-electron chi connectivity index (χ0n) is 14.9. The van der Waals surface area contributed by atoms with Crippen LogP contribution in [-0.4, -0.2) is 18.9 Å². The molecule has 4 nitrogen and oxygen atoms in total. The smallest absolute Gasteiger partial charge is 0.241 e. The Kier molecular flexibility index (Phi) is 5.07. The predicted molar refractivity (Wildman–Crippen MR) is 98.2 cm³/mol. The van der Waals surface area contributed by atoms with E-state index in [1.54, 1.807) is 20.9 Å². The Morgan fingerprint density at radius 1 is 0.958 bits per heavy atom. The molecule has 0 aromatic heterocycles. The molecular weight excluding hydrogens is 300 g/mol. The first kappa shape index (κ1) is 17.7. The maximum Gasteiger partial charge on any atom is 0.241 e. The minimum Gasteiger partial charge on any atom is -0.325 e.